The summed E-state index contributed by atoms with van der Waals surface area (Å²) in [5.74, 6) is -0.372. The highest BCUT2D eigenvalue weighted by Gasteiger charge is 2.17. The fourth-order valence-corrected chi connectivity index (χ4v) is 1.17. The largest absolute Gasteiger partial charge is 0.459 e. The minimum Gasteiger partial charge on any atom is -0.459 e. The zero-order chi connectivity index (χ0) is 12.4. The molecule has 96 valence electrons. The molecule has 0 aliphatic rings. The molecule has 0 spiro atoms. The van der Waals surface area contributed by atoms with Crippen molar-refractivity contribution in [3.8, 4) is 0 Å². The molecule has 2 atom stereocenters. The molecule has 0 aromatic carbocycles. The van der Waals surface area contributed by atoms with Crippen LogP contribution in [0.4, 0.5) is 0 Å². The van der Waals surface area contributed by atoms with Gasteiger partial charge in [0, 0.05) is 20.3 Å². The summed E-state index contributed by atoms with van der Waals surface area (Å²) in [4.78, 5) is 11.5. The maximum Gasteiger partial charge on any atom is 0.323 e. The Morgan fingerprint density at radius 3 is 2.69 bits per heavy atom. The smallest absolute Gasteiger partial charge is 0.323 e. The zero-order valence-electron chi connectivity index (χ0n) is 10.4. The standard InChI is InChI=1S/C11H23NO4/c1-4-15-8-9(2)16-11(13)10(12)6-5-7-14-3/h9-10H,4-8,12H2,1-3H3. The van der Waals surface area contributed by atoms with E-state index >= 15 is 0 Å². The van der Waals surface area contributed by atoms with Crippen LogP contribution in [0.5, 0.6) is 0 Å². The molecule has 5 nitrogen and oxygen atoms in total. The summed E-state index contributed by atoms with van der Waals surface area (Å²) in [6, 6.07) is -0.570. The average Bonchev–Trinajstić information content (AvgIpc) is 2.26. The first-order valence-corrected chi connectivity index (χ1v) is 5.64. The number of carbonyl (C=O) groups excluding carboxylic acids is 1. The molecule has 0 rings (SSSR count). The number of carbonyl (C=O) groups is 1. The number of hydrogen-bond acceptors (Lipinski definition) is 5. The van der Waals surface area contributed by atoms with Gasteiger partial charge in [-0.3, -0.25) is 4.79 Å². The monoisotopic (exact) mass is 233 g/mol. The van der Waals surface area contributed by atoms with E-state index in [1.165, 1.54) is 0 Å². The van der Waals surface area contributed by atoms with Crippen LogP contribution in [0.3, 0.4) is 0 Å². The third-order valence-electron chi connectivity index (χ3n) is 2.04. The lowest BCUT2D eigenvalue weighted by molar-refractivity contribution is -0.152. The molecule has 0 bridgehead atoms. The average molecular weight is 233 g/mol. The third-order valence-corrected chi connectivity index (χ3v) is 2.04. The van der Waals surface area contributed by atoms with Crippen molar-refractivity contribution < 1.29 is 19.0 Å². The molecule has 2 N–H and O–H groups in total. The Morgan fingerprint density at radius 1 is 1.44 bits per heavy atom. The van der Waals surface area contributed by atoms with Gasteiger partial charge in [-0.05, 0) is 26.7 Å². The van der Waals surface area contributed by atoms with Gasteiger partial charge >= 0.3 is 5.97 Å². The van der Waals surface area contributed by atoms with Gasteiger partial charge in [0.2, 0.25) is 0 Å². The van der Waals surface area contributed by atoms with Crippen molar-refractivity contribution in [2.24, 2.45) is 5.73 Å². The lowest BCUT2D eigenvalue weighted by Crippen LogP contribution is -2.35. The van der Waals surface area contributed by atoms with Gasteiger partial charge in [-0.1, -0.05) is 0 Å². The number of methoxy groups -OCH3 is 1. The molecule has 0 aromatic heterocycles. The van der Waals surface area contributed by atoms with Gasteiger partial charge in [-0.2, -0.15) is 0 Å². The first-order chi connectivity index (χ1) is 7.61. The quantitative estimate of drug-likeness (QED) is 0.469. The summed E-state index contributed by atoms with van der Waals surface area (Å²) in [6.07, 6.45) is 1.08. The van der Waals surface area contributed by atoms with Gasteiger partial charge in [-0.15, -0.1) is 0 Å². The van der Waals surface area contributed by atoms with Crippen molar-refractivity contribution in [2.45, 2.75) is 38.8 Å². The normalized spacial score (nSPS) is 14.5. The third kappa shape index (κ3) is 7.62. The summed E-state index contributed by atoms with van der Waals surface area (Å²) >= 11 is 0. The molecule has 0 aliphatic carbocycles. The number of rotatable bonds is 9. The summed E-state index contributed by atoms with van der Waals surface area (Å²) in [6.45, 7) is 5.31. The number of hydrogen-bond donors (Lipinski definition) is 1. The van der Waals surface area contributed by atoms with Crippen LogP contribution in [0.15, 0.2) is 0 Å². The fourth-order valence-electron chi connectivity index (χ4n) is 1.17. The van der Waals surface area contributed by atoms with Crippen molar-refractivity contribution >= 4 is 5.97 Å². The van der Waals surface area contributed by atoms with Crippen LogP contribution in [0.2, 0.25) is 0 Å². The Kier molecular flexibility index (Phi) is 9.18. The Bertz CT molecular complexity index is 187. The Morgan fingerprint density at radius 2 is 2.12 bits per heavy atom. The Hall–Kier alpha value is -0.650. The highest BCUT2D eigenvalue weighted by Crippen LogP contribution is 2.01. The molecule has 0 amide bonds. The van der Waals surface area contributed by atoms with Crippen LogP contribution >= 0.6 is 0 Å². The van der Waals surface area contributed by atoms with E-state index in [1.54, 1.807) is 14.0 Å². The van der Waals surface area contributed by atoms with E-state index in [1.807, 2.05) is 6.92 Å². The van der Waals surface area contributed by atoms with Crippen molar-refractivity contribution in [1.82, 2.24) is 0 Å². The van der Waals surface area contributed by atoms with Crippen molar-refractivity contribution in [1.29, 1.82) is 0 Å². The summed E-state index contributed by atoms with van der Waals surface area (Å²) in [5, 5.41) is 0. The second kappa shape index (κ2) is 9.57. The predicted molar refractivity (Wildman–Crippen MR) is 61.1 cm³/mol. The zero-order valence-corrected chi connectivity index (χ0v) is 10.4. The van der Waals surface area contributed by atoms with Crippen molar-refractivity contribution in [3.63, 3.8) is 0 Å². The van der Waals surface area contributed by atoms with E-state index in [0.717, 1.165) is 6.42 Å². The van der Waals surface area contributed by atoms with E-state index in [2.05, 4.69) is 0 Å². The Labute approximate surface area is 97.2 Å². The molecular formula is C11H23NO4. The van der Waals surface area contributed by atoms with Crippen LogP contribution in [0.1, 0.15) is 26.7 Å². The minimum atomic E-state index is -0.570. The predicted octanol–water partition coefficient (Wildman–Crippen LogP) is 0.709. The summed E-state index contributed by atoms with van der Waals surface area (Å²) in [7, 11) is 1.62. The van der Waals surface area contributed by atoms with Gasteiger partial charge in [0.15, 0.2) is 0 Å². The first kappa shape index (κ1) is 15.3. The first-order valence-electron chi connectivity index (χ1n) is 5.64. The summed E-state index contributed by atoms with van der Waals surface area (Å²) in [5.41, 5.74) is 5.66. The molecule has 5 heteroatoms. The van der Waals surface area contributed by atoms with E-state index in [9.17, 15) is 4.79 Å². The second-order valence-electron chi connectivity index (χ2n) is 3.65. The molecule has 16 heavy (non-hydrogen) atoms. The van der Waals surface area contributed by atoms with Crippen LogP contribution < -0.4 is 5.73 Å². The molecule has 0 radical (unpaired) electrons. The SMILES string of the molecule is CCOCC(C)OC(=O)C(N)CCCOC. The lowest BCUT2D eigenvalue weighted by Gasteiger charge is -2.16. The highest BCUT2D eigenvalue weighted by molar-refractivity contribution is 5.75. The topological polar surface area (TPSA) is 70.8 Å². The van der Waals surface area contributed by atoms with Crippen LogP contribution in [-0.4, -0.2) is 45.0 Å². The van der Waals surface area contributed by atoms with Gasteiger partial charge < -0.3 is 19.9 Å². The molecule has 0 aromatic rings. The number of esters is 1. The highest BCUT2D eigenvalue weighted by atomic mass is 16.6. The van der Waals surface area contributed by atoms with E-state index in [0.29, 0.717) is 26.2 Å². The van der Waals surface area contributed by atoms with Crippen LogP contribution in [-0.2, 0) is 19.0 Å². The van der Waals surface area contributed by atoms with Crippen molar-refractivity contribution in [2.75, 3.05) is 26.9 Å². The molecule has 0 saturated carbocycles. The van der Waals surface area contributed by atoms with Gasteiger partial charge in [0.1, 0.15) is 12.1 Å². The molecule has 0 saturated heterocycles. The fraction of sp³-hybridized carbons (Fsp3) is 0.909. The number of ether oxygens (including phenoxy) is 3. The molecule has 0 aliphatic heterocycles. The second-order valence-corrected chi connectivity index (χ2v) is 3.65. The molecule has 0 heterocycles. The maximum atomic E-state index is 11.5. The Balaban J connectivity index is 3.68. The van der Waals surface area contributed by atoms with Gasteiger partial charge in [0.05, 0.1) is 6.61 Å². The summed E-state index contributed by atoms with van der Waals surface area (Å²) < 4.78 is 15.1. The van der Waals surface area contributed by atoms with E-state index in [-0.39, 0.29) is 12.1 Å². The van der Waals surface area contributed by atoms with Crippen molar-refractivity contribution in [3.05, 3.63) is 0 Å². The number of nitrogens with two attached hydrogens (primary N) is 1. The lowest BCUT2D eigenvalue weighted by atomic mass is 10.2. The van der Waals surface area contributed by atoms with E-state index in [4.69, 9.17) is 19.9 Å². The minimum absolute atomic E-state index is 0.249. The molecule has 2 unspecified atom stereocenters. The van der Waals surface area contributed by atoms with Crippen LogP contribution in [0, 0.1) is 0 Å². The van der Waals surface area contributed by atoms with E-state index < -0.39 is 6.04 Å². The maximum absolute atomic E-state index is 11.5. The van der Waals surface area contributed by atoms with Crippen LogP contribution in [0.25, 0.3) is 0 Å². The molecule has 0 fully saturated rings. The van der Waals surface area contributed by atoms with Gasteiger partial charge in [0.25, 0.3) is 0 Å². The van der Waals surface area contributed by atoms with Gasteiger partial charge in [-0.25, -0.2) is 0 Å². The molecular weight excluding hydrogens is 210 g/mol.